The number of hydrogen-bond acceptors (Lipinski definition) is 4. The summed E-state index contributed by atoms with van der Waals surface area (Å²) in [4.78, 5) is 15.9. The summed E-state index contributed by atoms with van der Waals surface area (Å²) in [5.74, 6) is -0.271. The van der Waals surface area contributed by atoms with Crippen molar-refractivity contribution in [1.29, 1.82) is 0 Å². The van der Waals surface area contributed by atoms with Crippen LogP contribution in [0.1, 0.15) is 18.9 Å². The highest BCUT2D eigenvalue weighted by Crippen LogP contribution is 1.99. The topological polar surface area (TPSA) is 47.9 Å². The molecule has 4 heteroatoms. The Hall–Kier alpha value is -2.10. The Morgan fingerprint density at radius 3 is 2.83 bits per heavy atom. The van der Waals surface area contributed by atoms with E-state index in [0.717, 1.165) is 5.56 Å². The van der Waals surface area contributed by atoms with Crippen LogP contribution in [0, 0.1) is 0 Å². The maximum atomic E-state index is 10.9. The maximum Gasteiger partial charge on any atom is 0.309 e. The minimum atomic E-state index is -0.271. The highest BCUT2D eigenvalue weighted by Gasteiger charge is 1.99. The summed E-state index contributed by atoms with van der Waals surface area (Å²) >= 11 is 0. The average molecular weight is 247 g/mol. The fourth-order valence-corrected chi connectivity index (χ4v) is 1.21. The number of carbonyl (C=O) groups is 1. The molecule has 0 aliphatic carbocycles. The SMILES string of the molecule is CCOC(=O)CCO/N=C/C=C/c1ccccc1. The third-order valence-corrected chi connectivity index (χ3v) is 2.01. The van der Waals surface area contributed by atoms with Gasteiger partial charge in [0.05, 0.1) is 19.2 Å². The molecule has 0 N–H and O–H groups in total. The molecule has 1 aromatic rings. The smallest absolute Gasteiger partial charge is 0.309 e. The van der Waals surface area contributed by atoms with Gasteiger partial charge in [0.15, 0.2) is 0 Å². The lowest BCUT2D eigenvalue weighted by Crippen LogP contribution is -2.06. The zero-order chi connectivity index (χ0) is 13.1. The summed E-state index contributed by atoms with van der Waals surface area (Å²) in [6.07, 6.45) is 5.45. The van der Waals surface area contributed by atoms with Gasteiger partial charge in [0.1, 0.15) is 6.61 Å². The second kappa shape index (κ2) is 8.98. The van der Waals surface area contributed by atoms with Gasteiger partial charge in [-0.25, -0.2) is 0 Å². The molecule has 0 radical (unpaired) electrons. The van der Waals surface area contributed by atoms with Gasteiger partial charge < -0.3 is 9.57 Å². The zero-order valence-corrected chi connectivity index (χ0v) is 10.4. The normalized spacial score (nSPS) is 10.9. The Morgan fingerprint density at radius 2 is 2.11 bits per heavy atom. The lowest BCUT2D eigenvalue weighted by Gasteiger charge is -1.99. The first-order valence-corrected chi connectivity index (χ1v) is 5.85. The van der Waals surface area contributed by atoms with Crippen molar-refractivity contribution >= 4 is 18.3 Å². The molecule has 1 rings (SSSR count). The van der Waals surface area contributed by atoms with Gasteiger partial charge in [0, 0.05) is 0 Å². The summed E-state index contributed by atoms with van der Waals surface area (Å²) in [6.45, 7) is 2.39. The van der Waals surface area contributed by atoms with E-state index < -0.39 is 0 Å². The molecule has 18 heavy (non-hydrogen) atoms. The number of nitrogens with zero attached hydrogens (tertiary/aromatic N) is 1. The van der Waals surface area contributed by atoms with Crippen molar-refractivity contribution in [3.8, 4) is 0 Å². The number of allylic oxidation sites excluding steroid dienone is 1. The van der Waals surface area contributed by atoms with Crippen molar-refractivity contribution < 1.29 is 14.4 Å². The van der Waals surface area contributed by atoms with E-state index in [9.17, 15) is 4.79 Å². The Bertz CT molecular complexity index is 399. The molecule has 4 nitrogen and oxygen atoms in total. The lowest BCUT2D eigenvalue weighted by atomic mass is 10.2. The molecule has 0 bridgehead atoms. The number of hydrogen-bond donors (Lipinski definition) is 0. The molecule has 0 spiro atoms. The maximum absolute atomic E-state index is 10.9. The molecular weight excluding hydrogens is 230 g/mol. The Labute approximate surface area is 107 Å². The Kier molecular flexibility index (Phi) is 6.97. The largest absolute Gasteiger partial charge is 0.466 e. The second-order valence-corrected chi connectivity index (χ2v) is 3.41. The van der Waals surface area contributed by atoms with Gasteiger partial charge in [-0.1, -0.05) is 41.6 Å². The predicted molar refractivity (Wildman–Crippen MR) is 71.2 cm³/mol. The molecule has 0 amide bonds. The molecule has 1 aromatic carbocycles. The van der Waals surface area contributed by atoms with Gasteiger partial charge in [0.25, 0.3) is 0 Å². The molecule has 0 aliphatic rings. The number of benzene rings is 1. The predicted octanol–water partition coefficient (Wildman–Crippen LogP) is 2.66. The molecule has 0 heterocycles. The highest BCUT2D eigenvalue weighted by molar-refractivity contribution is 5.77. The molecule has 0 aromatic heterocycles. The molecule has 96 valence electrons. The molecular formula is C14H17NO3. The van der Waals surface area contributed by atoms with Crippen molar-refractivity contribution in [2.75, 3.05) is 13.2 Å². The van der Waals surface area contributed by atoms with Crippen LogP contribution in [0.5, 0.6) is 0 Å². The summed E-state index contributed by atoms with van der Waals surface area (Å²) < 4.78 is 4.74. The van der Waals surface area contributed by atoms with E-state index in [4.69, 9.17) is 9.57 Å². The van der Waals surface area contributed by atoms with Crippen LogP contribution < -0.4 is 0 Å². The number of rotatable bonds is 7. The van der Waals surface area contributed by atoms with E-state index >= 15 is 0 Å². The number of ether oxygens (including phenoxy) is 1. The van der Waals surface area contributed by atoms with E-state index in [1.54, 1.807) is 13.0 Å². The van der Waals surface area contributed by atoms with Crippen molar-refractivity contribution in [2.24, 2.45) is 5.16 Å². The third kappa shape index (κ3) is 6.48. The van der Waals surface area contributed by atoms with E-state index in [-0.39, 0.29) is 19.0 Å². The van der Waals surface area contributed by atoms with E-state index in [1.165, 1.54) is 6.21 Å². The van der Waals surface area contributed by atoms with Gasteiger partial charge in [-0.3, -0.25) is 4.79 Å². The molecule has 0 saturated carbocycles. The summed E-state index contributed by atoms with van der Waals surface area (Å²) in [5.41, 5.74) is 1.09. The second-order valence-electron chi connectivity index (χ2n) is 3.41. The van der Waals surface area contributed by atoms with Crippen LogP contribution in [0.25, 0.3) is 6.08 Å². The minimum Gasteiger partial charge on any atom is -0.466 e. The van der Waals surface area contributed by atoms with Crippen LogP contribution in [0.15, 0.2) is 41.6 Å². The Morgan fingerprint density at radius 1 is 1.33 bits per heavy atom. The fraction of sp³-hybridized carbons (Fsp3) is 0.286. The highest BCUT2D eigenvalue weighted by atomic mass is 16.6. The van der Waals surface area contributed by atoms with Crippen LogP contribution in [0.2, 0.25) is 0 Å². The van der Waals surface area contributed by atoms with Gasteiger partial charge in [-0.2, -0.15) is 0 Å². The van der Waals surface area contributed by atoms with Crippen LogP contribution in [-0.2, 0) is 14.4 Å². The van der Waals surface area contributed by atoms with Crippen molar-refractivity contribution in [3.63, 3.8) is 0 Å². The first-order valence-electron chi connectivity index (χ1n) is 5.85. The van der Waals surface area contributed by atoms with Crippen LogP contribution >= 0.6 is 0 Å². The first kappa shape index (κ1) is 14.0. The van der Waals surface area contributed by atoms with E-state index in [0.29, 0.717) is 6.61 Å². The van der Waals surface area contributed by atoms with Gasteiger partial charge in [-0.05, 0) is 18.6 Å². The van der Waals surface area contributed by atoms with Crippen molar-refractivity contribution in [1.82, 2.24) is 0 Å². The summed E-state index contributed by atoms with van der Waals surface area (Å²) in [6, 6.07) is 9.88. The van der Waals surface area contributed by atoms with Crippen LogP contribution in [0.4, 0.5) is 0 Å². The average Bonchev–Trinajstić information content (AvgIpc) is 2.39. The van der Waals surface area contributed by atoms with Crippen molar-refractivity contribution in [2.45, 2.75) is 13.3 Å². The van der Waals surface area contributed by atoms with Crippen LogP contribution in [-0.4, -0.2) is 25.4 Å². The van der Waals surface area contributed by atoms with Gasteiger partial charge in [0.2, 0.25) is 0 Å². The molecule has 0 unspecified atom stereocenters. The monoisotopic (exact) mass is 247 g/mol. The number of carbonyl (C=O) groups excluding carboxylic acids is 1. The van der Waals surface area contributed by atoms with Gasteiger partial charge >= 0.3 is 5.97 Å². The molecule has 0 saturated heterocycles. The quantitative estimate of drug-likeness (QED) is 0.322. The fourth-order valence-electron chi connectivity index (χ4n) is 1.21. The summed E-state index contributed by atoms with van der Waals surface area (Å²) in [7, 11) is 0. The molecule has 0 atom stereocenters. The number of oxime groups is 1. The van der Waals surface area contributed by atoms with E-state index in [2.05, 4.69) is 5.16 Å². The van der Waals surface area contributed by atoms with Crippen LogP contribution in [0.3, 0.4) is 0 Å². The third-order valence-electron chi connectivity index (χ3n) is 2.01. The molecule has 0 fully saturated rings. The zero-order valence-electron chi connectivity index (χ0n) is 10.4. The lowest BCUT2D eigenvalue weighted by molar-refractivity contribution is -0.144. The van der Waals surface area contributed by atoms with Gasteiger partial charge in [-0.15, -0.1) is 0 Å². The standard InChI is InChI=1S/C14H17NO3/c1-2-17-14(16)10-12-18-15-11-6-9-13-7-4-3-5-8-13/h3-9,11H,2,10,12H2,1H3/b9-6+,15-11+. The first-order chi connectivity index (χ1) is 8.83. The summed E-state index contributed by atoms with van der Waals surface area (Å²) in [5, 5.41) is 3.70. The Balaban J connectivity index is 2.14. The number of esters is 1. The van der Waals surface area contributed by atoms with Crippen molar-refractivity contribution in [3.05, 3.63) is 42.0 Å². The minimum absolute atomic E-state index is 0.216. The molecule has 0 aliphatic heterocycles. The van der Waals surface area contributed by atoms with E-state index in [1.807, 2.05) is 36.4 Å².